The fourth-order valence-corrected chi connectivity index (χ4v) is 2.74. The van der Waals surface area contributed by atoms with Crippen LogP contribution in [-0.4, -0.2) is 25.5 Å². The van der Waals surface area contributed by atoms with Gasteiger partial charge in [-0.25, -0.2) is 0 Å². The van der Waals surface area contributed by atoms with Crippen LogP contribution in [0.25, 0.3) is 0 Å². The van der Waals surface area contributed by atoms with Crippen molar-refractivity contribution in [2.24, 2.45) is 5.92 Å². The average molecular weight is 218 g/mol. The molecular weight excluding hydrogens is 196 g/mol. The minimum atomic E-state index is 0.805. The summed E-state index contributed by atoms with van der Waals surface area (Å²) in [6, 6.07) is 6.42. The van der Waals surface area contributed by atoms with Crippen molar-refractivity contribution in [1.29, 1.82) is 0 Å². The van der Waals surface area contributed by atoms with E-state index in [2.05, 4.69) is 31.1 Å². The maximum absolute atomic E-state index is 5.84. The van der Waals surface area contributed by atoms with E-state index in [9.17, 15) is 0 Å². The first kappa shape index (κ1) is 11.5. The quantitative estimate of drug-likeness (QED) is 0.610. The van der Waals surface area contributed by atoms with Gasteiger partial charge >= 0.3 is 0 Å². The number of nitrogen functional groups attached to an aromatic ring is 1. The Morgan fingerprint density at radius 1 is 1.31 bits per heavy atom. The van der Waals surface area contributed by atoms with Gasteiger partial charge in [-0.1, -0.05) is 6.07 Å². The highest BCUT2D eigenvalue weighted by Crippen LogP contribution is 2.26. The summed E-state index contributed by atoms with van der Waals surface area (Å²) < 4.78 is 0. The van der Waals surface area contributed by atoms with Crippen molar-refractivity contribution in [3.8, 4) is 0 Å². The highest BCUT2D eigenvalue weighted by atomic mass is 15.1. The van der Waals surface area contributed by atoms with Crippen molar-refractivity contribution < 1.29 is 0 Å². The molecule has 2 heteroatoms. The average Bonchev–Trinajstić information content (AvgIpc) is 2.38. The zero-order valence-electron chi connectivity index (χ0n) is 10.4. The van der Waals surface area contributed by atoms with E-state index < -0.39 is 0 Å². The normalized spacial score (nSPS) is 20.6. The molecule has 16 heavy (non-hydrogen) atoms. The minimum absolute atomic E-state index is 0.805. The second-order valence-electron chi connectivity index (χ2n) is 5.25. The van der Waals surface area contributed by atoms with E-state index >= 15 is 0 Å². The van der Waals surface area contributed by atoms with Crippen LogP contribution in [0, 0.1) is 5.92 Å². The molecule has 1 aromatic rings. The monoisotopic (exact) mass is 218 g/mol. The number of hydrogen-bond donors (Lipinski definition) is 1. The summed E-state index contributed by atoms with van der Waals surface area (Å²) in [5.74, 6) is 0.805. The SMILES string of the molecule is CN(C)CC1CCCc2cc(N)ccc2C1. The van der Waals surface area contributed by atoms with E-state index in [1.807, 2.05) is 6.07 Å². The summed E-state index contributed by atoms with van der Waals surface area (Å²) in [5, 5.41) is 0. The highest BCUT2D eigenvalue weighted by Gasteiger charge is 2.17. The number of hydrogen-bond acceptors (Lipinski definition) is 2. The molecule has 0 aliphatic heterocycles. The molecule has 2 N–H and O–H groups in total. The number of fused-ring (bicyclic) bond motifs is 1. The lowest BCUT2D eigenvalue weighted by Crippen LogP contribution is -2.22. The first-order valence-electron chi connectivity index (χ1n) is 6.17. The lowest BCUT2D eigenvalue weighted by molar-refractivity contribution is 0.310. The maximum atomic E-state index is 5.84. The third kappa shape index (κ3) is 2.76. The lowest BCUT2D eigenvalue weighted by atomic mass is 9.96. The van der Waals surface area contributed by atoms with Gasteiger partial charge in [0.05, 0.1) is 0 Å². The molecule has 0 fully saturated rings. The Hall–Kier alpha value is -1.02. The summed E-state index contributed by atoms with van der Waals surface area (Å²) in [4.78, 5) is 2.30. The van der Waals surface area contributed by atoms with Gasteiger partial charge < -0.3 is 10.6 Å². The molecule has 1 aromatic carbocycles. The molecule has 1 aliphatic rings. The number of anilines is 1. The molecule has 88 valence electrons. The molecule has 1 unspecified atom stereocenters. The van der Waals surface area contributed by atoms with Crippen molar-refractivity contribution in [2.75, 3.05) is 26.4 Å². The van der Waals surface area contributed by atoms with Gasteiger partial charge in [0.2, 0.25) is 0 Å². The van der Waals surface area contributed by atoms with Crippen LogP contribution in [0.3, 0.4) is 0 Å². The number of rotatable bonds is 2. The first-order chi connectivity index (χ1) is 7.65. The summed E-state index contributed by atoms with van der Waals surface area (Å²) in [5.41, 5.74) is 9.73. The summed E-state index contributed by atoms with van der Waals surface area (Å²) in [7, 11) is 4.32. The Morgan fingerprint density at radius 2 is 2.12 bits per heavy atom. The van der Waals surface area contributed by atoms with E-state index in [1.54, 1.807) is 0 Å². The van der Waals surface area contributed by atoms with Crippen LogP contribution in [0.4, 0.5) is 5.69 Å². The van der Waals surface area contributed by atoms with Crippen LogP contribution in [0.2, 0.25) is 0 Å². The molecule has 1 atom stereocenters. The number of nitrogens with zero attached hydrogens (tertiary/aromatic N) is 1. The van der Waals surface area contributed by atoms with E-state index in [1.165, 1.54) is 43.4 Å². The third-order valence-corrected chi connectivity index (χ3v) is 3.42. The first-order valence-corrected chi connectivity index (χ1v) is 6.17. The van der Waals surface area contributed by atoms with Crippen molar-refractivity contribution in [2.45, 2.75) is 25.7 Å². The molecule has 2 nitrogen and oxygen atoms in total. The molecule has 0 saturated heterocycles. The fraction of sp³-hybridized carbons (Fsp3) is 0.571. The smallest absolute Gasteiger partial charge is 0.0316 e. The number of nitrogens with two attached hydrogens (primary N) is 1. The zero-order chi connectivity index (χ0) is 11.5. The Morgan fingerprint density at radius 3 is 2.88 bits per heavy atom. The lowest BCUT2D eigenvalue weighted by Gasteiger charge is -2.19. The molecule has 0 amide bonds. The van der Waals surface area contributed by atoms with E-state index in [4.69, 9.17) is 5.73 Å². The molecule has 0 aromatic heterocycles. The molecule has 0 spiro atoms. The Bertz CT molecular complexity index is 358. The largest absolute Gasteiger partial charge is 0.399 e. The molecule has 0 saturated carbocycles. The van der Waals surface area contributed by atoms with Crippen LogP contribution < -0.4 is 5.73 Å². The molecule has 0 bridgehead atoms. The topological polar surface area (TPSA) is 29.3 Å². The van der Waals surface area contributed by atoms with Gasteiger partial charge in [0.25, 0.3) is 0 Å². The number of benzene rings is 1. The second kappa shape index (κ2) is 4.88. The van der Waals surface area contributed by atoms with Crippen LogP contribution in [0.15, 0.2) is 18.2 Å². The second-order valence-corrected chi connectivity index (χ2v) is 5.25. The standard InChI is InChI=1S/C14H22N2/c1-16(2)10-11-4-3-5-12-9-14(15)7-6-13(12)8-11/h6-7,9,11H,3-5,8,10,15H2,1-2H3. The van der Waals surface area contributed by atoms with Crippen molar-refractivity contribution in [3.63, 3.8) is 0 Å². The van der Waals surface area contributed by atoms with Gasteiger partial charge in [0, 0.05) is 12.2 Å². The van der Waals surface area contributed by atoms with E-state index in [0.717, 1.165) is 11.6 Å². The van der Waals surface area contributed by atoms with Crippen molar-refractivity contribution in [1.82, 2.24) is 4.90 Å². The molecule has 2 rings (SSSR count). The molecule has 0 radical (unpaired) electrons. The van der Waals surface area contributed by atoms with Gasteiger partial charge in [-0.15, -0.1) is 0 Å². The zero-order valence-corrected chi connectivity index (χ0v) is 10.4. The van der Waals surface area contributed by atoms with Crippen molar-refractivity contribution >= 4 is 5.69 Å². The predicted octanol–water partition coefficient (Wildman–Crippen LogP) is 2.33. The third-order valence-electron chi connectivity index (χ3n) is 3.42. The summed E-state index contributed by atoms with van der Waals surface area (Å²) in [6.07, 6.45) is 5.06. The van der Waals surface area contributed by atoms with Gasteiger partial charge in [-0.2, -0.15) is 0 Å². The van der Waals surface area contributed by atoms with Crippen molar-refractivity contribution in [3.05, 3.63) is 29.3 Å². The molecule has 0 heterocycles. The predicted molar refractivity (Wildman–Crippen MR) is 69.5 cm³/mol. The molecular formula is C14H22N2. The highest BCUT2D eigenvalue weighted by molar-refractivity contribution is 5.45. The van der Waals surface area contributed by atoms with Gasteiger partial charge in [-0.3, -0.25) is 0 Å². The Balaban J connectivity index is 2.14. The van der Waals surface area contributed by atoms with E-state index in [-0.39, 0.29) is 0 Å². The fourth-order valence-electron chi connectivity index (χ4n) is 2.74. The van der Waals surface area contributed by atoms with Crippen LogP contribution >= 0.6 is 0 Å². The van der Waals surface area contributed by atoms with Crippen LogP contribution in [0.5, 0.6) is 0 Å². The van der Waals surface area contributed by atoms with Crippen LogP contribution in [0.1, 0.15) is 24.0 Å². The minimum Gasteiger partial charge on any atom is -0.399 e. The summed E-state index contributed by atoms with van der Waals surface area (Å²) in [6.45, 7) is 1.20. The summed E-state index contributed by atoms with van der Waals surface area (Å²) >= 11 is 0. The van der Waals surface area contributed by atoms with E-state index in [0.29, 0.717) is 0 Å². The van der Waals surface area contributed by atoms with Crippen LogP contribution in [-0.2, 0) is 12.8 Å². The van der Waals surface area contributed by atoms with Gasteiger partial charge in [0.15, 0.2) is 0 Å². The Kier molecular flexibility index (Phi) is 3.49. The number of aryl methyl sites for hydroxylation is 1. The van der Waals surface area contributed by atoms with Gasteiger partial charge in [0.1, 0.15) is 0 Å². The Labute approximate surface area is 98.4 Å². The van der Waals surface area contributed by atoms with Gasteiger partial charge in [-0.05, 0) is 69.0 Å². The maximum Gasteiger partial charge on any atom is 0.0316 e. The molecule has 1 aliphatic carbocycles.